The van der Waals surface area contributed by atoms with Crippen LogP contribution < -0.4 is 18.9 Å². The Kier molecular flexibility index (Phi) is 6.28. The molecule has 0 aromatic heterocycles. The third-order valence-electron chi connectivity index (χ3n) is 1.05. The molecule has 0 aliphatic rings. The maximum Gasteiger partial charge on any atom is 1.00 e. The minimum absolute atomic E-state index is 0. The second-order valence-corrected chi connectivity index (χ2v) is 2.83. The van der Waals surface area contributed by atoms with E-state index in [-0.39, 0.29) is 18.9 Å². The fourth-order valence-corrected chi connectivity index (χ4v) is 1.22. The van der Waals surface area contributed by atoms with Gasteiger partial charge in [-0.1, -0.05) is 18.2 Å². The van der Waals surface area contributed by atoms with E-state index in [0.717, 1.165) is 0 Å². The van der Waals surface area contributed by atoms with Crippen molar-refractivity contribution in [1.29, 1.82) is 0 Å². The van der Waals surface area contributed by atoms with Crippen LogP contribution in [0.25, 0.3) is 0 Å². The van der Waals surface area contributed by atoms with Crippen LogP contribution in [0.5, 0.6) is 0 Å². The van der Waals surface area contributed by atoms with E-state index in [9.17, 15) is 0 Å². The van der Waals surface area contributed by atoms with Crippen molar-refractivity contribution in [1.82, 2.24) is 0 Å². The molecule has 2 heteroatoms. The van der Waals surface area contributed by atoms with Gasteiger partial charge in [-0.2, -0.15) is 0 Å². The molecule has 50 valence electrons. The van der Waals surface area contributed by atoms with E-state index < -0.39 is 0 Å². The number of hydrogen-bond acceptors (Lipinski definition) is 1. The summed E-state index contributed by atoms with van der Waals surface area (Å²) in [7, 11) is 0. The first-order valence-corrected chi connectivity index (χ1v) is 3.99. The molecule has 1 aromatic carbocycles. The smallest absolute Gasteiger partial charge is 0.693 e. The second kappa shape index (κ2) is 6.44. The zero-order valence-corrected chi connectivity index (χ0v) is 7.32. The largest absolute Gasteiger partial charge is 1.00 e. The van der Waals surface area contributed by atoms with E-state index in [1.807, 2.05) is 30.3 Å². The molecule has 0 amide bonds. The summed E-state index contributed by atoms with van der Waals surface area (Å²) in [5.41, 5.74) is 0. The van der Waals surface area contributed by atoms with Crippen LogP contribution >= 0.6 is 11.8 Å². The molecule has 0 fully saturated rings. The molecule has 0 saturated carbocycles. The average Bonchev–Trinajstić information content (AvgIpc) is 2.03. The Morgan fingerprint density at radius 1 is 1.27 bits per heavy atom. The molecule has 0 N–H and O–H groups in total. The first-order valence-electron chi connectivity index (χ1n) is 3.01. The molecule has 11 heavy (non-hydrogen) atoms. The molecule has 0 bridgehead atoms. The average molecular weight is 154 g/mol. The summed E-state index contributed by atoms with van der Waals surface area (Å²) in [5, 5.41) is 0. The second-order valence-electron chi connectivity index (χ2n) is 1.78. The Balaban J connectivity index is 0.000001000. The predicted octanol–water partition coefficient (Wildman–Crippen LogP) is -0.628. The number of benzene rings is 1. The zero-order chi connectivity index (χ0) is 7.23. The van der Waals surface area contributed by atoms with Gasteiger partial charge in [0.25, 0.3) is 0 Å². The molecule has 1 rings (SSSR count). The van der Waals surface area contributed by atoms with Crippen LogP contribution in [-0.4, -0.2) is 5.75 Å². The Hall–Kier alpha value is -0.273. The molecule has 0 spiro atoms. The molecule has 0 aliphatic carbocycles. The van der Waals surface area contributed by atoms with Crippen molar-refractivity contribution < 1.29 is 18.9 Å². The first kappa shape index (κ1) is 10.7. The van der Waals surface area contributed by atoms with Gasteiger partial charge in [-0.05, 0) is 12.1 Å². The van der Waals surface area contributed by atoms with Gasteiger partial charge in [0.2, 0.25) is 0 Å². The van der Waals surface area contributed by atoms with Crippen molar-refractivity contribution in [2.45, 2.75) is 4.90 Å². The number of rotatable bonds is 2. The number of thioether (sulfide) groups is 1. The van der Waals surface area contributed by atoms with E-state index >= 15 is 0 Å². The molecule has 1 aromatic rings. The molecule has 0 nitrogen and oxygen atoms in total. The van der Waals surface area contributed by atoms with Gasteiger partial charge in [-0.25, -0.2) is 0 Å². The van der Waals surface area contributed by atoms with Gasteiger partial charge in [0.15, 0.2) is 0 Å². The van der Waals surface area contributed by atoms with Gasteiger partial charge in [0, 0.05) is 10.6 Å². The van der Waals surface area contributed by atoms with E-state index in [1.54, 1.807) is 11.8 Å². The van der Waals surface area contributed by atoms with Crippen molar-refractivity contribution in [2.24, 2.45) is 0 Å². The van der Waals surface area contributed by atoms with Gasteiger partial charge in [0.1, 0.15) is 0 Å². The Labute approximate surface area is 83.9 Å². The van der Waals surface area contributed by atoms with Crippen molar-refractivity contribution in [2.75, 3.05) is 5.75 Å². The van der Waals surface area contributed by atoms with Crippen LogP contribution in [0.3, 0.4) is 0 Å². The molecular weight excluding hydrogens is 147 g/mol. The van der Waals surface area contributed by atoms with E-state index in [1.165, 1.54) is 4.90 Å². The van der Waals surface area contributed by atoms with Crippen molar-refractivity contribution in [3.8, 4) is 5.92 Å². The molecule has 0 radical (unpaired) electrons. The van der Waals surface area contributed by atoms with Crippen LogP contribution in [0.1, 0.15) is 0 Å². The van der Waals surface area contributed by atoms with Gasteiger partial charge >= 0.3 is 18.9 Å². The van der Waals surface area contributed by atoms with E-state index in [2.05, 4.69) is 5.92 Å². The summed E-state index contributed by atoms with van der Waals surface area (Å²) < 4.78 is 0. The quantitative estimate of drug-likeness (QED) is 0.236. The summed E-state index contributed by atoms with van der Waals surface area (Å²) in [4.78, 5) is 1.20. The maximum atomic E-state index is 6.68. The topological polar surface area (TPSA) is 0 Å². The molecule has 0 heterocycles. The van der Waals surface area contributed by atoms with Crippen molar-refractivity contribution in [3.05, 3.63) is 36.8 Å². The van der Waals surface area contributed by atoms with Crippen LogP contribution in [0.2, 0.25) is 0 Å². The minimum atomic E-state index is 0. The molecule has 0 aliphatic heterocycles. The molecule has 0 unspecified atom stereocenters. The van der Waals surface area contributed by atoms with Crippen LogP contribution in [0.15, 0.2) is 35.2 Å². The molecule has 0 atom stereocenters. The van der Waals surface area contributed by atoms with Crippen LogP contribution in [-0.2, 0) is 0 Å². The standard InChI is InChI=1S/C9H7S.Li/c1-2-8-10-9-6-4-3-5-7-9;/h3-7H,8H2;/q-1;+1. The normalized spacial score (nSPS) is 7.91. The van der Waals surface area contributed by atoms with Crippen LogP contribution in [0, 0.1) is 12.3 Å². The third-order valence-corrected chi connectivity index (χ3v) is 1.95. The monoisotopic (exact) mass is 154 g/mol. The summed E-state index contributed by atoms with van der Waals surface area (Å²) in [6.07, 6.45) is 6.68. The summed E-state index contributed by atoms with van der Waals surface area (Å²) in [6.45, 7) is 0. The Bertz CT molecular complexity index is 225. The number of hydrogen-bond donors (Lipinski definition) is 0. The SMILES string of the molecule is [C-]#CCSc1ccccc1.[Li+]. The van der Waals surface area contributed by atoms with Gasteiger partial charge in [-0.15, -0.1) is 11.8 Å². The van der Waals surface area contributed by atoms with Crippen LogP contribution in [0.4, 0.5) is 0 Å². The molecular formula is C9H7LiS. The zero-order valence-electron chi connectivity index (χ0n) is 6.50. The van der Waals surface area contributed by atoms with Gasteiger partial charge < -0.3 is 12.3 Å². The van der Waals surface area contributed by atoms with Crippen molar-refractivity contribution >= 4 is 11.8 Å². The fraction of sp³-hybridized carbons (Fsp3) is 0.111. The maximum absolute atomic E-state index is 6.68. The van der Waals surface area contributed by atoms with Crippen molar-refractivity contribution in [3.63, 3.8) is 0 Å². The van der Waals surface area contributed by atoms with Gasteiger partial charge in [-0.3, -0.25) is 0 Å². The van der Waals surface area contributed by atoms with Gasteiger partial charge in [0.05, 0.1) is 0 Å². The van der Waals surface area contributed by atoms with E-state index in [4.69, 9.17) is 6.42 Å². The summed E-state index contributed by atoms with van der Waals surface area (Å²) in [5.74, 6) is 2.97. The predicted molar refractivity (Wildman–Crippen MR) is 44.3 cm³/mol. The van der Waals surface area contributed by atoms with E-state index in [0.29, 0.717) is 5.75 Å². The summed E-state index contributed by atoms with van der Waals surface area (Å²) in [6, 6.07) is 10.0. The Morgan fingerprint density at radius 2 is 1.91 bits per heavy atom. The summed E-state index contributed by atoms with van der Waals surface area (Å²) >= 11 is 1.62. The first-order chi connectivity index (χ1) is 4.93. The minimum Gasteiger partial charge on any atom is -0.693 e. The molecule has 0 saturated heterocycles. The Morgan fingerprint density at radius 3 is 2.45 bits per heavy atom. The third kappa shape index (κ3) is 4.22. The fourth-order valence-electron chi connectivity index (χ4n) is 0.636.